The minimum atomic E-state index is -0.205. The fourth-order valence-electron chi connectivity index (χ4n) is 4.92. The number of imidazole rings is 1. The zero-order valence-corrected chi connectivity index (χ0v) is 20.2. The van der Waals surface area contributed by atoms with Crippen molar-refractivity contribution in [2.45, 2.75) is 13.0 Å². The average Bonchev–Trinajstić information content (AvgIpc) is 3.30. The number of carbonyl (C=O) groups excluding carboxylic acids is 1. The van der Waals surface area contributed by atoms with Crippen molar-refractivity contribution in [3.63, 3.8) is 0 Å². The number of ketones is 1. The summed E-state index contributed by atoms with van der Waals surface area (Å²) in [6.07, 6.45) is 0. The molecule has 0 amide bonds. The highest BCUT2D eigenvalue weighted by molar-refractivity contribution is 6.15. The first kappa shape index (κ1) is 21.9. The Morgan fingerprint density at radius 2 is 1.42 bits per heavy atom. The summed E-state index contributed by atoms with van der Waals surface area (Å²) in [5.74, 6) is 0.758. The minimum Gasteiger partial charge on any atom is -0.349 e. The van der Waals surface area contributed by atoms with E-state index in [4.69, 9.17) is 4.98 Å². The summed E-state index contributed by atoms with van der Waals surface area (Å²) in [6.45, 7) is 2.02. The van der Waals surface area contributed by atoms with Crippen LogP contribution in [-0.2, 0) is 0 Å². The molecule has 2 heterocycles. The van der Waals surface area contributed by atoms with E-state index >= 15 is 0 Å². The second kappa shape index (κ2) is 8.86. The van der Waals surface area contributed by atoms with Crippen LogP contribution in [0.3, 0.4) is 0 Å². The predicted molar refractivity (Wildman–Crippen MR) is 147 cm³/mol. The molecule has 0 unspecified atom stereocenters. The molecular weight excluding hydrogens is 444 g/mol. The number of Topliss-reactive ketones (excluding diaryl/α,β-unsaturated/α-hetero) is 1. The Bertz CT molecular complexity index is 1580. The number of benzene rings is 4. The summed E-state index contributed by atoms with van der Waals surface area (Å²) in [6, 6.07) is 36.0. The summed E-state index contributed by atoms with van der Waals surface area (Å²) < 4.78 is 2.08. The Morgan fingerprint density at radius 3 is 2.14 bits per heavy atom. The van der Waals surface area contributed by atoms with E-state index in [0.717, 1.165) is 45.2 Å². The van der Waals surface area contributed by atoms with E-state index < -0.39 is 0 Å². The van der Waals surface area contributed by atoms with E-state index in [1.165, 1.54) is 0 Å². The molecule has 4 aromatic carbocycles. The van der Waals surface area contributed by atoms with Crippen molar-refractivity contribution in [2.24, 2.45) is 0 Å². The molecule has 0 saturated carbocycles. The standard InChI is InChI=1S/C31H26N4O/c1-21-28(30(36)23-11-5-3-6-12-23)29(35-27-16-10-9-15-26(27)33-31(35)32-21)22-17-19-25(20-18-22)34(2)24-13-7-4-8-14-24/h3-21H,1-2H3,(H,32,33)/t21-/m0/s1. The maximum Gasteiger partial charge on any atom is 0.209 e. The smallest absolute Gasteiger partial charge is 0.209 e. The van der Waals surface area contributed by atoms with E-state index in [-0.39, 0.29) is 11.8 Å². The van der Waals surface area contributed by atoms with Gasteiger partial charge in [-0.15, -0.1) is 0 Å². The van der Waals surface area contributed by atoms with Gasteiger partial charge in [-0.05, 0) is 48.9 Å². The Labute approximate surface area is 210 Å². The van der Waals surface area contributed by atoms with Crippen LogP contribution >= 0.6 is 0 Å². The van der Waals surface area contributed by atoms with Gasteiger partial charge in [0.2, 0.25) is 5.95 Å². The maximum absolute atomic E-state index is 13.9. The van der Waals surface area contributed by atoms with E-state index in [2.05, 4.69) is 58.2 Å². The lowest BCUT2D eigenvalue weighted by molar-refractivity contribution is 0.103. The number of hydrogen-bond acceptors (Lipinski definition) is 4. The van der Waals surface area contributed by atoms with Crippen molar-refractivity contribution < 1.29 is 4.79 Å². The van der Waals surface area contributed by atoms with Gasteiger partial charge in [0.1, 0.15) is 0 Å². The van der Waals surface area contributed by atoms with Crippen LogP contribution in [0.15, 0.2) is 115 Å². The van der Waals surface area contributed by atoms with Crippen LogP contribution in [0.2, 0.25) is 0 Å². The third-order valence-corrected chi connectivity index (χ3v) is 6.77. The van der Waals surface area contributed by atoms with Crippen LogP contribution in [-0.4, -0.2) is 28.4 Å². The molecule has 0 fully saturated rings. The van der Waals surface area contributed by atoms with Gasteiger partial charge < -0.3 is 10.2 Å². The Balaban J connectivity index is 1.54. The first-order chi connectivity index (χ1) is 17.6. The highest BCUT2D eigenvalue weighted by Gasteiger charge is 2.32. The molecular formula is C31H26N4O. The summed E-state index contributed by atoms with van der Waals surface area (Å²) in [5, 5.41) is 3.47. The highest BCUT2D eigenvalue weighted by Crippen LogP contribution is 2.38. The van der Waals surface area contributed by atoms with Crippen molar-refractivity contribution in [3.8, 4) is 0 Å². The molecule has 5 aromatic rings. The van der Waals surface area contributed by atoms with Crippen LogP contribution in [0.25, 0.3) is 16.7 Å². The summed E-state index contributed by atoms with van der Waals surface area (Å²) in [4.78, 5) is 20.9. The second-order valence-corrected chi connectivity index (χ2v) is 9.02. The van der Waals surface area contributed by atoms with E-state index in [9.17, 15) is 4.79 Å². The molecule has 176 valence electrons. The maximum atomic E-state index is 13.9. The Kier molecular flexibility index (Phi) is 5.38. The van der Waals surface area contributed by atoms with Crippen LogP contribution in [0.4, 0.5) is 17.3 Å². The van der Waals surface area contributed by atoms with Crippen LogP contribution in [0.1, 0.15) is 22.8 Å². The van der Waals surface area contributed by atoms with Crippen LogP contribution in [0, 0.1) is 0 Å². The van der Waals surface area contributed by atoms with Gasteiger partial charge in [-0.1, -0.05) is 72.8 Å². The Hall–Kier alpha value is -4.64. The van der Waals surface area contributed by atoms with Crippen molar-refractivity contribution >= 4 is 39.8 Å². The SMILES string of the molecule is C[C@@H]1Nc2nc3ccccc3n2C(c2ccc(N(C)c3ccccc3)cc2)=C1C(=O)c1ccccc1. The summed E-state index contributed by atoms with van der Waals surface area (Å²) in [7, 11) is 2.06. The molecule has 36 heavy (non-hydrogen) atoms. The highest BCUT2D eigenvalue weighted by atomic mass is 16.1. The van der Waals surface area contributed by atoms with Gasteiger partial charge in [-0.3, -0.25) is 9.36 Å². The molecule has 1 aliphatic heterocycles. The quantitative estimate of drug-likeness (QED) is 0.288. The zero-order valence-electron chi connectivity index (χ0n) is 20.2. The van der Waals surface area contributed by atoms with Gasteiger partial charge in [-0.2, -0.15) is 0 Å². The number of carbonyl (C=O) groups is 1. The number of hydrogen-bond donors (Lipinski definition) is 1. The first-order valence-corrected chi connectivity index (χ1v) is 12.1. The zero-order chi connectivity index (χ0) is 24.6. The molecule has 5 heteroatoms. The van der Waals surface area contributed by atoms with E-state index in [1.807, 2.05) is 79.7 Å². The molecule has 5 nitrogen and oxygen atoms in total. The van der Waals surface area contributed by atoms with Gasteiger partial charge in [-0.25, -0.2) is 4.98 Å². The van der Waals surface area contributed by atoms with Crippen molar-refractivity contribution in [1.82, 2.24) is 9.55 Å². The van der Waals surface area contributed by atoms with Crippen molar-refractivity contribution in [2.75, 3.05) is 17.3 Å². The molecule has 0 spiro atoms. The number of rotatable bonds is 5. The van der Waals surface area contributed by atoms with Crippen LogP contribution in [0.5, 0.6) is 0 Å². The number of nitrogens with zero attached hydrogens (tertiary/aromatic N) is 3. The summed E-state index contributed by atoms with van der Waals surface area (Å²) >= 11 is 0. The lowest BCUT2D eigenvalue weighted by Gasteiger charge is -2.29. The van der Waals surface area contributed by atoms with Crippen molar-refractivity contribution in [1.29, 1.82) is 0 Å². The lowest BCUT2D eigenvalue weighted by Crippen LogP contribution is -2.32. The van der Waals surface area contributed by atoms with E-state index in [1.54, 1.807) is 0 Å². The monoisotopic (exact) mass is 470 g/mol. The first-order valence-electron chi connectivity index (χ1n) is 12.1. The van der Waals surface area contributed by atoms with Gasteiger partial charge in [0.05, 0.1) is 22.8 Å². The largest absolute Gasteiger partial charge is 0.349 e. The number of nitrogens with one attached hydrogen (secondary N) is 1. The molecule has 1 atom stereocenters. The third kappa shape index (κ3) is 3.66. The fraction of sp³-hybridized carbons (Fsp3) is 0.0968. The predicted octanol–water partition coefficient (Wildman–Crippen LogP) is 6.76. The topological polar surface area (TPSA) is 50.2 Å². The second-order valence-electron chi connectivity index (χ2n) is 9.02. The van der Waals surface area contributed by atoms with Gasteiger partial charge in [0, 0.05) is 29.6 Å². The molecule has 0 radical (unpaired) electrons. The van der Waals surface area contributed by atoms with Gasteiger partial charge in [0.15, 0.2) is 5.78 Å². The third-order valence-electron chi connectivity index (χ3n) is 6.77. The molecule has 1 aliphatic rings. The number of aromatic nitrogens is 2. The van der Waals surface area contributed by atoms with Gasteiger partial charge >= 0.3 is 0 Å². The number of anilines is 3. The molecule has 0 saturated heterocycles. The van der Waals surface area contributed by atoms with E-state index in [0.29, 0.717) is 5.56 Å². The lowest BCUT2D eigenvalue weighted by atomic mass is 9.91. The Morgan fingerprint density at radius 1 is 0.806 bits per heavy atom. The number of fused-ring (bicyclic) bond motifs is 3. The average molecular weight is 471 g/mol. The fourth-order valence-corrected chi connectivity index (χ4v) is 4.92. The normalized spacial score (nSPS) is 14.9. The number of para-hydroxylation sites is 3. The van der Waals surface area contributed by atoms with Crippen molar-refractivity contribution in [3.05, 3.63) is 126 Å². The van der Waals surface area contributed by atoms with Crippen LogP contribution < -0.4 is 10.2 Å². The van der Waals surface area contributed by atoms with Gasteiger partial charge in [0.25, 0.3) is 0 Å². The molecule has 1 aromatic heterocycles. The minimum absolute atomic E-state index is 0.0134. The molecule has 1 N–H and O–H groups in total. The molecule has 6 rings (SSSR count). The molecule has 0 bridgehead atoms. The molecule has 0 aliphatic carbocycles. The summed E-state index contributed by atoms with van der Waals surface area (Å²) in [5.41, 5.74) is 7.27.